The Morgan fingerprint density at radius 2 is 1.76 bits per heavy atom. The minimum Gasteiger partial charge on any atom is -0.508 e. The van der Waals surface area contributed by atoms with E-state index in [1.165, 1.54) is 17.9 Å². The molecule has 6 atom stereocenters. The number of amides is 4. The largest absolute Gasteiger partial charge is 0.508 e. The molecule has 2 saturated carbocycles. The van der Waals surface area contributed by atoms with Gasteiger partial charge in [0.05, 0.1) is 23.4 Å². The van der Waals surface area contributed by atoms with Crippen molar-refractivity contribution in [3.63, 3.8) is 0 Å². The molecule has 372 valence electrons. The number of hydrogen-bond acceptors (Lipinski definition) is 9. The van der Waals surface area contributed by atoms with E-state index >= 15 is 0 Å². The standard InChI is InChI=1S/C56H71N7O7/c1-8-61-46-16-15-36-27-41(46)43(49(61)39-11-9-19-57-47(39)32(2)3)29-55(6,7)31-70-53(68)44-12-10-20-63(59-44)52(67)45(25-34-23-37(36)26-38(64)24-34)58-50(65)48(33(4)5)62-22-18-56(54(62)69)17-21-60(30-56)51(66)42-28-40(42)35-13-14-35/h9,11,15-16,19,23-24,26-27,32-33,35,40,42,44-45,48,59,64H,8,10,12-14,17-18,20-22,25,28-31H2,1-7H3,(H,58,65)/t40-,42-,44+,45+,48+,56+/m1/s1. The Morgan fingerprint density at radius 1 is 0.971 bits per heavy atom. The number of aromatic nitrogens is 2. The van der Waals surface area contributed by atoms with E-state index in [2.05, 4.69) is 74.2 Å². The molecule has 3 N–H and O–H groups in total. The molecule has 0 radical (unpaired) electrons. The molecule has 0 unspecified atom stereocenters. The maximum Gasteiger partial charge on any atom is 0.324 e. The van der Waals surface area contributed by atoms with Crippen LogP contribution in [0.15, 0.2) is 54.7 Å². The molecule has 10 rings (SSSR count). The third-order valence-electron chi connectivity index (χ3n) is 16.3. The molecule has 4 aromatic rings. The van der Waals surface area contributed by atoms with Gasteiger partial charge in [-0.3, -0.25) is 34.0 Å². The SMILES string of the molecule is CCn1c(-c2cccnc2C(C)C)c2c3cc(ccc31)-c1cc(O)cc(c1)C[C@H](NC(=O)[C@H](C(C)C)N1CC[C@]3(CCN(C(=O)[C@@H]4C[C@@H]4C4CC4)C3)C1=O)C(=O)N1CCC[C@H](N1)C(=O)OCC(C)(C)C2. The second kappa shape index (κ2) is 18.4. The van der Waals surface area contributed by atoms with Crippen LogP contribution in [0.5, 0.6) is 5.75 Å². The van der Waals surface area contributed by atoms with Crippen LogP contribution < -0.4 is 10.7 Å². The number of esters is 1. The van der Waals surface area contributed by atoms with Crippen molar-refractivity contribution in [1.82, 2.24) is 35.1 Å². The first-order valence-electron chi connectivity index (χ1n) is 26.0. The maximum atomic E-state index is 14.9. The van der Waals surface area contributed by atoms with E-state index in [0.29, 0.717) is 82.2 Å². The van der Waals surface area contributed by atoms with Gasteiger partial charge in [-0.2, -0.15) is 0 Å². The predicted molar refractivity (Wildman–Crippen MR) is 267 cm³/mol. The van der Waals surface area contributed by atoms with Crippen molar-refractivity contribution in [2.45, 2.75) is 137 Å². The van der Waals surface area contributed by atoms with Crippen molar-refractivity contribution in [3.8, 4) is 28.1 Å². The van der Waals surface area contributed by atoms with Gasteiger partial charge >= 0.3 is 5.97 Å². The summed E-state index contributed by atoms with van der Waals surface area (Å²) in [4.78, 5) is 80.3. The quantitative estimate of drug-likeness (QED) is 0.145. The first kappa shape index (κ1) is 47.9. The lowest BCUT2D eigenvalue weighted by molar-refractivity contribution is -0.155. The number of aryl methyl sites for hydroxylation is 1. The number of benzene rings is 2. The number of carbonyl (C=O) groups is 5. The van der Waals surface area contributed by atoms with Crippen molar-refractivity contribution in [1.29, 1.82) is 0 Å². The van der Waals surface area contributed by atoms with Crippen molar-refractivity contribution >= 4 is 40.5 Å². The summed E-state index contributed by atoms with van der Waals surface area (Å²) in [6.07, 6.45) is 7.98. The average Bonchev–Trinajstić information content (AvgIpc) is 4.25. The van der Waals surface area contributed by atoms with E-state index in [9.17, 15) is 29.1 Å². The second-order valence-electron chi connectivity index (χ2n) is 22.9. The molecule has 2 aliphatic carbocycles. The van der Waals surface area contributed by atoms with Crippen LogP contribution in [0.25, 0.3) is 33.3 Å². The number of carbonyl (C=O) groups excluding carboxylic acids is 5. The molecule has 6 heterocycles. The van der Waals surface area contributed by atoms with Crippen molar-refractivity contribution in [2.75, 3.05) is 32.8 Å². The minimum atomic E-state index is -1.13. The summed E-state index contributed by atoms with van der Waals surface area (Å²) in [5.74, 6) is -0.0905. The zero-order valence-electron chi connectivity index (χ0n) is 42.1. The summed E-state index contributed by atoms with van der Waals surface area (Å²) in [5, 5.41) is 17.0. The molecule has 14 heteroatoms. The molecular weight excluding hydrogens is 883 g/mol. The number of phenolic OH excluding ortho intramolecular Hbond substituents is 1. The molecule has 2 aromatic heterocycles. The number of likely N-dealkylation sites (tertiary alicyclic amines) is 2. The van der Waals surface area contributed by atoms with Crippen LogP contribution >= 0.6 is 0 Å². The van der Waals surface area contributed by atoms with Gasteiger partial charge in [-0.1, -0.05) is 53.7 Å². The lowest BCUT2D eigenvalue weighted by Crippen LogP contribution is -2.62. The summed E-state index contributed by atoms with van der Waals surface area (Å²) in [5.41, 5.74) is 9.50. The zero-order chi connectivity index (χ0) is 49.4. The zero-order valence-corrected chi connectivity index (χ0v) is 42.1. The second-order valence-corrected chi connectivity index (χ2v) is 22.9. The summed E-state index contributed by atoms with van der Waals surface area (Å²) in [6.45, 7) is 17.0. The Kier molecular flexibility index (Phi) is 12.6. The van der Waals surface area contributed by atoms with E-state index in [0.717, 1.165) is 51.0 Å². The number of hydrazine groups is 1. The van der Waals surface area contributed by atoms with E-state index in [1.807, 2.05) is 37.1 Å². The molecule has 5 fully saturated rings. The molecule has 70 heavy (non-hydrogen) atoms. The average molecular weight is 954 g/mol. The predicted octanol–water partition coefficient (Wildman–Crippen LogP) is 7.39. The Hall–Kier alpha value is -5.76. The number of ether oxygens (including phenoxy) is 1. The van der Waals surface area contributed by atoms with Crippen molar-refractivity contribution in [2.24, 2.45) is 34.5 Å². The smallest absolute Gasteiger partial charge is 0.324 e. The van der Waals surface area contributed by atoms with E-state index in [4.69, 9.17) is 9.72 Å². The van der Waals surface area contributed by atoms with Crippen LogP contribution in [0.2, 0.25) is 0 Å². The van der Waals surface area contributed by atoms with Crippen LogP contribution in [0.3, 0.4) is 0 Å². The van der Waals surface area contributed by atoms with Crippen molar-refractivity contribution in [3.05, 3.63) is 71.5 Å². The van der Waals surface area contributed by atoms with Gasteiger partial charge in [0.1, 0.15) is 23.9 Å². The van der Waals surface area contributed by atoms with Crippen LogP contribution in [-0.2, 0) is 48.1 Å². The molecule has 6 bridgehead atoms. The van der Waals surface area contributed by atoms with Gasteiger partial charge in [-0.15, -0.1) is 0 Å². The first-order chi connectivity index (χ1) is 33.5. The normalized spacial score (nSPS) is 26.3. The number of fused-ring (bicyclic) bond motifs is 6. The van der Waals surface area contributed by atoms with Gasteiger partial charge in [0.15, 0.2) is 0 Å². The van der Waals surface area contributed by atoms with Gasteiger partial charge in [0.2, 0.25) is 17.7 Å². The van der Waals surface area contributed by atoms with Crippen LogP contribution in [0, 0.1) is 34.5 Å². The highest BCUT2D eigenvalue weighted by atomic mass is 16.5. The number of rotatable bonds is 9. The molecule has 6 aliphatic rings. The highest BCUT2D eigenvalue weighted by Gasteiger charge is 2.58. The van der Waals surface area contributed by atoms with E-state index < -0.39 is 46.7 Å². The Morgan fingerprint density at radius 3 is 2.50 bits per heavy atom. The Balaban J connectivity index is 0.989. The first-order valence-corrected chi connectivity index (χ1v) is 26.0. The topological polar surface area (TPSA) is 166 Å². The fourth-order valence-electron chi connectivity index (χ4n) is 12.5. The lowest BCUT2D eigenvalue weighted by atomic mass is 9.83. The molecule has 4 amide bonds. The maximum absolute atomic E-state index is 14.9. The number of phenols is 1. The van der Waals surface area contributed by atoms with Crippen LogP contribution in [-0.4, -0.2) is 110 Å². The number of nitrogens with one attached hydrogen (secondary N) is 2. The highest BCUT2D eigenvalue weighted by molar-refractivity contribution is 5.97. The third-order valence-corrected chi connectivity index (χ3v) is 16.3. The third kappa shape index (κ3) is 8.98. The summed E-state index contributed by atoms with van der Waals surface area (Å²) in [6, 6.07) is 13.0. The molecular formula is C56H71N7O7. The van der Waals surface area contributed by atoms with Gasteiger partial charge in [0.25, 0.3) is 5.91 Å². The molecule has 1 spiro atoms. The van der Waals surface area contributed by atoms with Crippen molar-refractivity contribution < 1.29 is 33.8 Å². The number of hydrogen-bond donors (Lipinski definition) is 3. The van der Waals surface area contributed by atoms with Crippen LogP contribution in [0.4, 0.5) is 0 Å². The fourth-order valence-corrected chi connectivity index (χ4v) is 12.5. The summed E-state index contributed by atoms with van der Waals surface area (Å²) in [7, 11) is 0. The van der Waals surface area contributed by atoms with Gasteiger partial charge in [0, 0.05) is 73.1 Å². The molecule has 2 aromatic carbocycles. The lowest BCUT2D eigenvalue weighted by Gasteiger charge is -2.37. The number of pyridine rings is 1. The summed E-state index contributed by atoms with van der Waals surface area (Å²) < 4.78 is 8.50. The minimum absolute atomic E-state index is 0.0189. The summed E-state index contributed by atoms with van der Waals surface area (Å²) >= 11 is 0. The van der Waals surface area contributed by atoms with E-state index in [1.54, 1.807) is 17.0 Å². The van der Waals surface area contributed by atoms with Gasteiger partial charge in [-0.05, 0) is 141 Å². The molecule has 4 aliphatic heterocycles. The van der Waals surface area contributed by atoms with Crippen LogP contribution in [0.1, 0.15) is 116 Å². The molecule has 3 saturated heterocycles. The fraction of sp³-hybridized carbons (Fsp3) is 0.571. The van der Waals surface area contributed by atoms with E-state index in [-0.39, 0.29) is 48.3 Å². The highest BCUT2D eigenvalue weighted by Crippen LogP contribution is 2.56. The number of nitrogens with zero attached hydrogens (tertiary/aromatic N) is 5. The molecule has 14 nitrogen and oxygen atoms in total. The number of aromatic hydroxyl groups is 1. The Bertz CT molecular complexity index is 2740. The van der Waals surface area contributed by atoms with Gasteiger partial charge in [-0.25, -0.2) is 5.43 Å². The monoisotopic (exact) mass is 954 g/mol. The Labute approximate surface area is 411 Å². The van der Waals surface area contributed by atoms with Gasteiger partial charge < -0.3 is 29.5 Å². The number of cyclic esters (lactones) is 1.